The first-order valence-corrected chi connectivity index (χ1v) is 13.4. The van der Waals surface area contributed by atoms with Crippen molar-refractivity contribution in [3.63, 3.8) is 0 Å². The molecule has 1 aliphatic carbocycles. The van der Waals surface area contributed by atoms with Gasteiger partial charge in [-0.05, 0) is 43.9 Å². The van der Waals surface area contributed by atoms with Crippen molar-refractivity contribution in [2.75, 3.05) is 25.0 Å². The lowest BCUT2D eigenvalue weighted by molar-refractivity contribution is -0.134. The Hall–Kier alpha value is -2.57. The molecule has 2 N–H and O–H groups in total. The van der Waals surface area contributed by atoms with E-state index in [1.165, 1.54) is 10.4 Å². The highest BCUT2D eigenvalue weighted by atomic mass is 32.2. The zero-order valence-corrected chi connectivity index (χ0v) is 19.6. The van der Waals surface area contributed by atoms with E-state index >= 15 is 0 Å². The summed E-state index contributed by atoms with van der Waals surface area (Å²) in [6, 6.07) is 4.17. The molecule has 3 heterocycles. The molecule has 2 saturated heterocycles. The van der Waals surface area contributed by atoms with Gasteiger partial charge < -0.3 is 10.6 Å². The Labute approximate surface area is 195 Å². The first-order chi connectivity index (χ1) is 15.8. The second-order valence-corrected chi connectivity index (χ2v) is 11.7. The van der Waals surface area contributed by atoms with Gasteiger partial charge >= 0.3 is 6.03 Å². The molecule has 1 aromatic carbocycles. The maximum atomic E-state index is 12.9. The molecule has 5 rings (SSSR count). The number of anilines is 1. The third-order valence-corrected chi connectivity index (χ3v) is 9.39. The van der Waals surface area contributed by atoms with Gasteiger partial charge in [-0.2, -0.15) is 4.31 Å². The average Bonchev–Trinajstić information content (AvgIpc) is 3.50. The first kappa shape index (κ1) is 22.2. The number of carbonyl (C=O) groups excluding carboxylic acids is 3. The van der Waals surface area contributed by atoms with Crippen LogP contribution in [-0.2, 0) is 19.6 Å². The van der Waals surface area contributed by atoms with Crippen LogP contribution in [0.3, 0.4) is 0 Å². The molecule has 4 amide bonds. The number of rotatable bonds is 5. The van der Waals surface area contributed by atoms with E-state index in [2.05, 4.69) is 15.6 Å². The van der Waals surface area contributed by atoms with E-state index in [1.54, 1.807) is 12.1 Å². The number of fused-ring (bicyclic) bond motifs is 1. The summed E-state index contributed by atoms with van der Waals surface area (Å²) in [6.07, 6.45) is 5.67. The Morgan fingerprint density at radius 3 is 2.58 bits per heavy atom. The fraction of sp³-hybridized carbons (Fsp3) is 0.524. The van der Waals surface area contributed by atoms with Crippen molar-refractivity contribution in [1.29, 1.82) is 0 Å². The van der Waals surface area contributed by atoms with Crippen molar-refractivity contribution in [3.8, 4) is 0 Å². The number of nitrogens with zero attached hydrogens (tertiary/aromatic N) is 3. The van der Waals surface area contributed by atoms with E-state index < -0.39 is 34.0 Å². The van der Waals surface area contributed by atoms with Gasteiger partial charge in [-0.15, -0.1) is 0 Å². The monoisotopic (exact) mass is 491 g/mol. The number of aromatic nitrogens is 1. The van der Waals surface area contributed by atoms with Crippen molar-refractivity contribution >= 4 is 54.6 Å². The number of benzene rings is 1. The second kappa shape index (κ2) is 8.33. The zero-order valence-electron chi connectivity index (χ0n) is 18.0. The predicted octanol–water partition coefficient (Wildman–Crippen LogP) is 2.27. The van der Waals surface area contributed by atoms with Crippen LogP contribution in [0.5, 0.6) is 0 Å². The summed E-state index contributed by atoms with van der Waals surface area (Å²) < 4.78 is 27.7. The van der Waals surface area contributed by atoms with Crippen molar-refractivity contribution in [1.82, 2.24) is 19.5 Å². The van der Waals surface area contributed by atoms with E-state index in [0.717, 1.165) is 48.3 Å². The predicted molar refractivity (Wildman–Crippen MR) is 122 cm³/mol. The van der Waals surface area contributed by atoms with Crippen LogP contribution in [0.15, 0.2) is 23.1 Å². The van der Waals surface area contributed by atoms with Gasteiger partial charge in [0, 0.05) is 13.1 Å². The average molecular weight is 492 g/mol. The summed E-state index contributed by atoms with van der Waals surface area (Å²) in [7, 11) is -3.55. The Bertz CT molecular complexity index is 1230. The lowest BCUT2D eigenvalue weighted by Crippen LogP contribution is -2.48. The molecule has 0 atom stereocenters. The van der Waals surface area contributed by atoms with Crippen LogP contribution in [0.2, 0.25) is 0 Å². The van der Waals surface area contributed by atoms with Crippen LogP contribution < -0.4 is 10.6 Å². The SMILES string of the molecule is O=C(CN1C(=O)NC2(CCCCC2)C1=O)Nc1nc2ccc(S(=O)(=O)N3CCCC3)cc2s1. The number of sulfonamides is 1. The molecule has 1 spiro atoms. The lowest BCUT2D eigenvalue weighted by atomic mass is 9.82. The van der Waals surface area contributed by atoms with Crippen LogP contribution in [-0.4, -0.2) is 65.6 Å². The molecule has 3 aliphatic rings. The van der Waals surface area contributed by atoms with Crippen LogP contribution in [0.4, 0.5) is 9.93 Å². The Kier molecular flexibility index (Phi) is 5.61. The molecule has 1 aromatic heterocycles. The van der Waals surface area contributed by atoms with Gasteiger partial charge in [0.25, 0.3) is 5.91 Å². The number of hydrogen-bond donors (Lipinski definition) is 2. The van der Waals surface area contributed by atoms with E-state index in [4.69, 9.17) is 0 Å². The minimum Gasteiger partial charge on any atom is -0.323 e. The highest BCUT2D eigenvalue weighted by Crippen LogP contribution is 2.34. The molecule has 0 bridgehead atoms. The van der Waals surface area contributed by atoms with Crippen LogP contribution in [0.25, 0.3) is 10.2 Å². The molecule has 12 heteroatoms. The number of urea groups is 1. The van der Waals surface area contributed by atoms with Gasteiger partial charge in [0.15, 0.2) is 5.13 Å². The molecular weight excluding hydrogens is 466 g/mol. The largest absolute Gasteiger partial charge is 0.325 e. The van der Waals surface area contributed by atoms with Gasteiger partial charge in [-0.25, -0.2) is 18.2 Å². The maximum absolute atomic E-state index is 12.9. The summed E-state index contributed by atoms with van der Waals surface area (Å²) in [4.78, 5) is 43.3. The third kappa shape index (κ3) is 4.00. The highest BCUT2D eigenvalue weighted by molar-refractivity contribution is 7.89. The molecule has 3 fully saturated rings. The van der Waals surface area contributed by atoms with Crippen molar-refractivity contribution in [2.24, 2.45) is 0 Å². The minimum absolute atomic E-state index is 0.204. The van der Waals surface area contributed by atoms with Gasteiger partial charge in [0.1, 0.15) is 12.1 Å². The molecule has 0 radical (unpaired) electrons. The molecule has 0 unspecified atom stereocenters. The molecule has 33 heavy (non-hydrogen) atoms. The normalized spacial score (nSPS) is 21.2. The summed E-state index contributed by atoms with van der Waals surface area (Å²) in [6.45, 7) is 0.653. The molecule has 2 aromatic rings. The smallest absolute Gasteiger partial charge is 0.323 e. The molecule has 1 saturated carbocycles. The van der Waals surface area contributed by atoms with Crippen molar-refractivity contribution in [2.45, 2.75) is 55.4 Å². The number of amides is 4. The highest BCUT2D eigenvalue weighted by Gasteiger charge is 2.51. The van der Waals surface area contributed by atoms with E-state index in [-0.39, 0.29) is 15.9 Å². The summed E-state index contributed by atoms with van der Waals surface area (Å²) in [5.41, 5.74) is -0.310. The van der Waals surface area contributed by atoms with E-state index in [0.29, 0.717) is 36.1 Å². The van der Waals surface area contributed by atoms with Crippen LogP contribution in [0, 0.1) is 0 Å². The summed E-state index contributed by atoms with van der Waals surface area (Å²) >= 11 is 1.15. The second-order valence-electron chi connectivity index (χ2n) is 8.77. The zero-order chi connectivity index (χ0) is 23.2. The third-order valence-electron chi connectivity index (χ3n) is 6.56. The quantitative estimate of drug-likeness (QED) is 0.618. The molecule has 176 valence electrons. The topological polar surface area (TPSA) is 129 Å². The molecule has 2 aliphatic heterocycles. The van der Waals surface area contributed by atoms with Gasteiger partial charge in [-0.3, -0.25) is 14.5 Å². The Morgan fingerprint density at radius 1 is 1.12 bits per heavy atom. The van der Waals surface area contributed by atoms with E-state index in [1.807, 2.05) is 0 Å². The molecule has 10 nitrogen and oxygen atoms in total. The van der Waals surface area contributed by atoms with Crippen molar-refractivity contribution < 1.29 is 22.8 Å². The van der Waals surface area contributed by atoms with Crippen molar-refractivity contribution in [3.05, 3.63) is 18.2 Å². The number of imide groups is 1. The maximum Gasteiger partial charge on any atom is 0.325 e. The number of nitrogens with one attached hydrogen (secondary N) is 2. The van der Waals surface area contributed by atoms with E-state index in [9.17, 15) is 22.8 Å². The Morgan fingerprint density at radius 2 is 1.85 bits per heavy atom. The minimum atomic E-state index is -3.55. The lowest BCUT2D eigenvalue weighted by Gasteiger charge is -2.30. The number of carbonyl (C=O) groups is 3. The number of thiazole rings is 1. The summed E-state index contributed by atoms with van der Waals surface area (Å²) in [5.74, 6) is -0.876. The fourth-order valence-corrected chi connectivity index (χ4v) is 7.35. The van der Waals surface area contributed by atoms with Gasteiger partial charge in [0.05, 0.1) is 15.1 Å². The van der Waals surface area contributed by atoms with Crippen LogP contribution in [0.1, 0.15) is 44.9 Å². The van der Waals surface area contributed by atoms with Gasteiger partial charge in [0.2, 0.25) is 15.9 Å². The Balaban J connectivity index is 1.29. The molecular formula is C21H25N5O5S2. The standard InChI is InChI=1S/C21H25N5O5S2/c27-17(13-26-18(28)21(24-20(26)29)8-2-1-3-9-21)23-19-22-15-7-6-14(12-16(15)32-19)33(30,31)25-10-4-5-11-25/h6-7,12H,1-5,8-11,13H2,(H,24,29)(H,22,23,27). The fourth-order valence-electron chi connectivity index (χ4n) is 4.81. The number of hydrogen-bond acceptors (Lipinski definition) is 7. The van der Waals surface area contributed by atoms with Gasteiger partial charge in [-0.1, -0.05) is 30.6 Å². The van der Waals surface area contributed by atoms with Crippen LogP contribution >= 0.6 is 11.3 Å². The summed E-state index contributed by atoms with van der Waals surface area (Å²) in [5, 5.41) is 5.71. The first-order valence-electron chi connectivity index (χ1n) is 11.1.